The summed E-state index contributed by atoms with van der Waals surface area (Å²) < 4.78 is 0. The van der Waals surface area contributed by atoms with Crippen LogP contribution in [0.1, 0.15) is 25.7 Å². The molecule has 4 heteroatoms. The topological polar surface area (TPSA) is 53.4 Å². The second kappa shape index (κ2) is 6.12. The number of hydrogen-bond acceptors (Lipinski definition) is 3. The van der Waals surface area contributed by atoms with Crippen molar-refractivity contribution in [3.8, 4) is 0 Å². The maximum absolute atomic E-state index is 10.7. The number of carboxylic acid groups (broad SMARTS) is 1. The van der Waals surface area contributed by atoms with Gasteiger partial charge in [-0.2, -0.15) is 0 Å². The lowest BCUT2D eigenvalue weighted by Gasteiger charge is -2.33. The Hall–Kier alpha value is -2.10. The summed E-state index contributed by atoms with van der Waals surface area (Å²) in [5.41, 5.74) is 1.02. The lowest BCUT2D eigenvalue weighted by Crippen LogP contribution is -2.36. The van der Waals surface area contributed by atoms with Crippen LogP contribution in [0, 0.1) is 5.92 Å². The van der Waals surface area contributed by atoms with Gasteiger partial charge in [0, 0.05) is 24.9 Å². The van der Waals surface area contributed by atoms with Crippen molar-refractivity contribution in [2.75, 3.05) is 18.0 Å². The third-order valence-electron chi connectivity index (χ3n) is 4.19. The Morgan fingerprint density at radius 1 is 1.29 bits per heavy atom. The number of benzene rings is 1. The Balaban J connectivity index is 1.73. The van der Waals surface area contributed by atoms with Crippen molar-refractivity contribution in [2.24, 2.45) is 5.92 Å². The first-order chi connectivity index (χ1) is 10.2. The third-order valence-corrected chi connectivity index (χ3v) is 4.19. The minimum Gasteiger partial charge on any atom is -0.481 e. The Morgan fingerprint density at radius 2 is 2.14 bits per heavy atom. The molecule has 3 rings (SSSR count). The minimum atomic E-state index is -0.698. The number of carbonyl (C=O) groups is 1. The number of pyridine rings is 1. The molecule has 1 aliphatic heterocycles. The molecule has 0 amide bonds. The Kier molecular flexibility index (Phi) is 4.04. The molecule has 1 aromatic carbocycles. The number of aliphatic carboxylic acids is 1. The molecule has 2 heterocycles. The van der Waals surface area contributed by atoms with E-state index in [0.717, 1.165) is 49.1 Å². The number of para-hydroxylation sites is 1. The number of anilines is 1. The number of piperidine rings is 1. The van der Waals surface area contributed by atoms with E-state index in [1.807, 2.05) is 18.2 Å². The molecule has 2 aromatic rings. The second-order valence-corrected chi connectivity index (χ2v) is 5.75. The second-order valence-electron chi connectivity index (χ2n) is 5.75. The molecule has 21 heavy (non-hydrogen) atoms. The molecule has 1 fully saturated rings. The molecule has 110 valence electrons. The fourth-order valence-corrected chi connectivity index (χ4v) is 3.07. The predicted octanol–water partition coefficient (Wildman–Crippen LogP) is 3.32. The highest BCUT2D eigenvalue weighted by Gasteiger charge is 2.21. The fraction of sp³-hybridized carbons (Fsp3) is 0.412. The third kappa shape index (κ3) is 3.32. The van der Waals surface area contributed by atoms with E-state index < -0.39 is 5.97 Å². The van der Waals surface area contributed by atoms with Gasteiger partial charge in [-0.3, -0.25) is 4.79 Å². The van der Waals surface area contributed by atoms with Crippen molar-refractivity contribution in [3.05, 3.63) is 36.4 Å². The zero-order valence-corrected chi connectivity index (χ0v) is 12.0. The first-order valence-corrected chi connectivity index (χ1v) is 7.55. The highest BCUT2D eigenvalue weighted by Crippen LogP contribution is 2.26. The summed E-state index contributed by atoms with van der Waals surface area (Å²) in [7, 11) is 0. The van der Waals surface area contributed by atoms with Crippen LogP contribution in [-0.2, 0) is 4.79 Å². The molecule has 1 aromatic heterocycles. The van der Waals surface area contributed by atoms with E-state index in [2.05, 4.69) is 23.1 Å². The van der Waals surface area contributed by atoms with Crippen molar-refractivity contribution in [1.82, 2.24) is 4.98 Å². The maximum Gasteiger partial charge on any atom is 0.303 e. The SMILES string of the molecule is O=C(O)CCC1CCCN(c2ccc3ccccc3n2)C1. The van der Waals surface area contributed by atoms with Crippen molar-refractivity contribution in [1.29, 1.82) is 0 Å². The summed E-state index contributed by atoms with van der Waals surface area (Å²) in [5, 5.41) is 9.97. The number of nitrogens with zero attached hydrogens (tertiary/aromatic N) is 2. The van der Waals surface area contributed by atoms with Crippen LogP contribution in [0.25, 0.3) is 10.9 Å². The number of carboxylic acids is 1. The van der Waals surface area contributed by atoms with Gasteiger partial charge in [0.2, 0.25) is 0 Å². The van der Waals surface area contributed by atoms with Gasteiger partial charge in [-0.1, -0.05) is 18.2 Å². The van der Waals surface area contributed by atoms with Crippen LogP contribution in [0.15, 0.2) is 36.4 Å². The van der Waals surface area contributed by atoms with E-state index in [0.29, 0.717) is 5.92 Å². The monoisotopic (exact) mass is 284 g/mol. The molecule has 1 atom stereocenters. The van der Waals surface area contributed by atoms with Crippen LogP contribution in [0.5, 0.6) is 0 Å². The molecule has 0 radical (unpaired) electrons. The van der Waals surface area contributed by atoms with Crippen molar-refractivity contribution in [2.45, 2.75) is 25.7 Å². The Bertz CT molecular complexity index is 641. The van der Waals surface area contributed by atoms with E-state index in [-0.39, 0.29) is 6.42 Å². The van der Waals surface area contributed by atoms with Gasteiger partial charge in [0.05, 0.1) is 5.52 Å². The van der Waals surface area contributed by atoms with Crippen LogP contribution in [0.3, 0.4) is 0 Å². The standard InChI is InChI=1S/C17H20N2O2/c20-17(21)10-7-13-4-3-11-19(12-13)16-9-8-14-5-1-2-6-15(14)18-16/h1-2,5-6,8-9,13H,3-4,7,10-12H2,(H,20,21). The highest BCUT2D eigenvalue weighted by atomic mass is 16.4. The Labute approximate surface area is 124 Å². The van der Waals surface area contributed by atoms with Gasteiger partial charge in [0.1, 0.15) is 5.82 Å². The zero-order valence-electron chi connectivity index (χ0n) is 12.0. The van der Waals surface area contributed by atoms with Crippen LogP contribution in [0.2, 0.25) is 0 Å². The molecule has 0 spiro atoms. The Morgan fingerprint density at radius 3 is 3.00 bits per heavy atom. The summed E-state index contributed by atoms with van der Waals surface area (Å²) >= 11 is 0. The average molecular weight is 284 g/mol. The fourth-order valence-electron chi connectivity index (χ4n) is 3.07. The molecular formula is C17H20N2O2. The molecule has 4 nitrogen and oxygen atoms in total. The molecule has 1 N–H and O–H groups in total. The largest absolute Gasteiger partial charge is 0.481 e. The van der Waals surface area contributed by atoms with Gasteiger partial charge in [0.15, 0.2) is 0 Å². The van der Waals surface area contributed by atoms with Gasteiger partial charge in [0.25, 0.3) is 0 Å². The summed E-state index contributed by atoms with van der Waals surface area (Å²) in [6.07, 6.45) is 3.26. The quantitative estimate of drug-likeness (QED) is 0.935. The average Bonchev–Trinajstić information content (AvgIpc) is 2.53. The first kappa shape index (κ1) is 13.9. The van der Waals surface area contributed by atoms with Gasteiger partial charge < -0.3 is 10.0 Å². The van der Waals surface area contributed by atoms with Gasteiger partial charge >= 0.3 is 5.97 Å². The van der Waals surface area contributed by atoms with E-state index in [1.165, 1.54) is 0 Å². The van der Waals surface area contributed by atoms with Crippen LogP contribution in [0.4, 0.5) is 5.82 Å². The number of rotatable bonds is 4. The zero-order chi connectivity index (χ0) is 14.7. The highest BCUT2D eigenvalue weighted by molar-refractivity contribution is 5.80. The van der Waals surface area contributed by atoms with Crippen LogP contribution < -0.4 is 4.90 Å². The summed E-state index contributed by atoms with van der Waals surface area (Å²) in [6.45, 7) is 1.92. The number of fused-ring (bicyclic) bond motifs is 1. The van der Waals surface area contributed by atoms with Gasteiger partial charge in [-0.15, -0.1) is 0 Å². The first-order valence-electron chi connectivity index (χ1n) is 7.55. The van der Waals surface area contributed by atoms with E-state index in [1.54, 1.807) is 0 Å². The lowest BCUT2D eigenvalue weighted by atomic mass is 9.93. The van der Waals surface area contributed by atoms with Gasteiger partial charge in [-0.25, -0.2) is 4.98 Å². The van der Waals surface area contributed by atoms with Crippen LogP contribution in [-0.4, -0.2) is 29.1 Å². The number of aromatic nitrogens is 1. The van der Waals surface area contributed by atoms with Crippen molar-refractivity contribution in [3.63, 3.8) is 0 Å². The maximum atomic E-state index is 10.7. The smallest absolute Gasteiger partial charge is 0.303 e. The predicted molar refractivity (Wildman–Crippen MR) is 83.5 cm³/mol. The van der Waals surface area contributed by atoms with Crippen molar-refractivity contribution < 1.29 is 9.90 Å². The summed E-state index contributed by atoms with van der Waals surface area (Å²) in [4.78, 5) is 17.7. The molecule has 1 aliphatic rings. The van der Waals surface area contributed by atoms with E-state index in [9.17, 15) is 4.79 Å². The molecular weight excluding hydrogens is 264 g/mol. The van der Waals surface area contributed by atoms with Crippen molar-refractivity contribution >= 4 is 22.7 Å². The lowest BCUT2D eigenvalue weighted by molar-refractivity contribution is -0.137. The summed E-state index contributed by atoms with van der Waals surface area (Å²) in [6, 6.07) is 12.3. The summed E-state index contributed by atoms with van der Waals surface area (Å²) in [5.74, 6) is 0.771. The van der Waals surface area contributed by atoms with Crippen LogP contribution >= 0.6 is 0 Å². The molecule has 0 saturated carbocycles. The molecule has 1 unspecified atom stereocenters. The minimum absolute atomic E-state index is 0.268. The molecule has 0 aliphatic carbocycles. The van der Waals surface area contributed by atoms with E-state index in [4.69, 9.17) is 10.1 Å². The molecule has 0 bridgehead atoms. The normalized spacial score (nSPS) is 18.9. The molecule has 1 saturated heterocycles. The van der Waals surface area contributed by atoms with E-state index >= 15 is 0 Å². The van der Waals surface area contributed by atoms with Gasteiger partial charge in [-0.05, 0) is 43.4 Å². The number of hydrogen-bond donors (Lipinski definition) is 1.